The third-order valence-electron chi connectivity index (χ3n) is 4.97. The highest BCUT2D eigenvalue weighted by molar-refractivity contribution is 9.10. The van der Waals surface area contributed by atoms with Gasteiger partial charge in [0.05, 0.1) is 17.5 Å². The molecular weight excluding hydrogens is 423 g/mol. The molecule has 2 aromatic rings. The Morgan fingerprint density at radius 3 is 2.37 bits per heavy atom. The molecule has 0 amide bonds. The predicted molar refractivity (Wildman–Crippen MR) is 99.4 cm³/mol. The van der Waals surface area contributed by atoms with E-state index in [1.165, 1.54) is 12.1 Å². The van der Waals surface area contributed by atoms with Crippen molar-refractivity contribution in [2.75, 3.05) is 13.1 Å². The lowest BCUT2D eigenvalue weighted by Gasteiger charge is -2.37. The quantitative estimate of drug-likeness (QED) is 0.694. The summed E-state index contributed by atoms with van der Waals surface area (Å²) in [6, 6.07) is 12.5. The van der Waals surface area contributed by atoms with Gasteiger partial charge in [-0.2, -0.15) is 13.2 Å². The first-order valence-electron chi connectivity index (χ1n) is 8.66. The zero-order valence-electron chi connectivity index (χ0n) is 14.4. The standard InChI is InChI=1S/C20H19BrF3NO2/c21-17-7-2-1-6-16(17)18(25-10-8-13(9-11-25)19(26)27)14-4-3-5-15(12-14)20(22,23)24/h1-7,12-13,18H,8-11H2,(H,26,27). The molecule has 1 aliphatic rings. The highest BCUT2D eigenvalue weighted by Crippen LogP contribution is 2.38. The Morgan fingerprint density at radius 2 is 1.78 bits per heavy atom. The van der Waals surface area contributed by atoms with Gasteiger partial charge in [0.15, 0.2) is 0 Å². The summed E-state index contributed by atoms with van der Waals surface area (Å²) in [5.74, 6) is -1.21. The molecule has 7 heteroatoms. The Labute approximate surface area is 163 Å². The smallest absolute Gasteiger partial charge is 0.416 e. The summed E-state index contributed by atoms with van der Waals surface area (Å²) in [6.07, 6.45) is -3.45. The Balaban J connectivity index is 2.00. The monoisotopic (exact) mass is 441 g/mol. The van der Waals surface area contributed by atoms with Crippen molar-refractivity contribution in [3.63, 3.8) is 0 Å². The van der Waals surface area contributed by atoms with E-state index in [1.54, 1.807) is 6.07 Å². The van der Waals surface area contributed by atoms with Crippen LogP contribution < -0.4 is 0 Å². The number of halogens is 4. The second-order valence-electron chi connectivity index (χ2n) is 6.70. The number of rotatable bonds is 4. The van der Waals surface area contributed by atoms with Crippen molar-refractivity contribution in [3.8, 4) is 0 Å². The number of alkyl halides is 3. The molecule has 27 heavy (non-hydrogen) atoms. The number of hydrogen-bond donors (Lipinski definition) is 1. The van der Waals surface area contributed by atoms with E-state index in [-0.39, 0.29) is 6.04 Å². The van der Waals surface area contributed by atoms with Crippen LogP contribution in [0.5, 0.6) is 0 Å². The lowest BCUT2D eigenvalue weighted by Crippen LogP contribution is -2.39. The van der Waals surface area contributed by atoms with Crippen LogP contribution in [0.3, 0.4) is 0 Å². The Kier molecular flexibility index (Phi) is 5.91. The molecule has 1 aliphatic heterocycles. The third kappa shape index (κ3) is 4.52. The topological polar surface area (TPSA) is 40.5 Å². The molecule has 0 bridgehead atoms. The third-order valence-corrected chi connectivity index (χ3v) is 5.70. The van der Waals surface area contributed by atoms with Crippen LogP contribution in [0.4, 0.5) is 13.2 Å². The van der Waals surface area contributed by atoms with Crippen molar-refractivity contribution in [3.05, 3.63) is 69.7 Å². The van der Waals surface area contributed by atoms with E-state index in [0.29, 0.717) is 31.5 Å². The van der Waals surface area contributed by atoms with Crippen LogP contribution in [0.1, 0.15) is 35.6 Å². The first kappa shape index (κ1) is 19.9. The van der Waals surface area contributed by atoms with Gasteiger partial charge in [-0.25, -0.2) is 0 Å². The summed E-state index contributed by atoms with van der Waals surface area (Å²) in [7, 11) is 0. The number of likely N-dealkylation sites (tertiary alicyclic amines) is 1. The molecule has 1 heterocycles. The van der Waals surface area contributed by atoms with Crippen molar-refractivity contribution in [1.29, 1.82) is 0 Å². The number of carboxylic acid groups (broad SMARTS) is 1. The van der Waals surface area contributed by atoms with Crippen LogP contribution in [0.25, 0.3) is 0 Å². The van der Waals surface area contributed by atoms with Crippen LogP contribution >= 0.6 is 15.9 Å². The number of hydrogen-bond acceptors (Lipinski definition) is 2. The SMILES string of the molecule is O=C(O)C1CCN(C(c2cccc(C(F)(F)F)c2)c2ccccc2Br)CC1. The van der Waals surface area contributed by atoms with Gasteiger partial charge in [-0.1, -0.05) is 46.3 Å². The molecule has 0 radical (unpaired) electrons. The average molecular weight is 442 g/mol. The summed E-state index contributed by atoms with van der Waals surface area (Å²) >= 11 is 3.51. The number of piperidine rings is 1. The fourth-order valence-electron chi connectivity index (χ4n) is 3.57. The zero-order valence-corrected chi connectivity index (χ0v) is 16.0. The fourth-order valence-corrected chi connectivity index (χ4v) is 4.08. The molecule has 1 saturated heterocycles. The van der Waals surface area contributed by atoms with Gasteiger partial charge in [0.25, 0.3) is 0 Å². The molecule has 1 unspecified atom stereocenters. The molecule has 1 atom stereocenters. The Bertz CT molecular complexity index is 817. The van der Waals surface area contributed by atoms with Gasteiger partial charge < -0.3 is 5.11 Å². The van der Waals surface area contributed by atoms with Gasteiger partial charge >= 0.3 is 12.1 Å². The van der Waals surface area contributed by atoms with E-state index in [1.807, 2.05) is 24.3 Å². The average Bonchev–Trinajstić information content (AvgIpc) is 2.63. The van der Waals surface area contributed by atoms with E-state index in [4.69, 9.17) is 0 Å². The molecule has 3 nitrogen and oxygen atoms in total. The van der Waals surface area contributed by atoms with E-state index < -0.39 is 23.6 Å². The minimum Gasteiger partial charge on any atom is -0.481 e. The van der Waals surface area contributed by atoms with Crippen LogP contribution in [0.2, 0.25) is 0 Å². The molecule has 1 N–H and O–H groups in total. The van der Waals surface area contributed by atoms with Gasteiger partial charge in [-0.3, -0.25) is 9.69 Å². The van der Waals surface area contributed by atoms with Gasteiger partial charge in [0, 0.05) is 4.47 Å². The van der Waals surface area contributed by atoms with Gasteiger partial charge in [-0.15, -0.1) is 0 Å². The second kappa shape index (κ2) is 8.02. The number of nitrogens with zero attached hydrogens (tertiary/aromatic N) is 1. The fraction of sp³-hybridized carbons (Fsp3) is 0.350. The van der Waals surface area contributed by atoms with E-state index in [2.05, 4.69) is 20.8 Å². The van der Waals surface area contributed by atoms with Gasteiger partial charge in [0.1, 0.15) is 0 Å². The molecule has 0 aliphatic carbocycles. The number of aliphatic carboxylic acids is 1. The van der Waals surface area contributed by atoms with Crippen LogP contribution in [0.15, 0.2) is 53.0 Å². The zero-order chi connectivity index (χ0) is 19.6. The highest BCUT2D eigenvalue weighted by atomic mass is 79.9. The summed E-state index contributed by atoms with van der Waals surface area (Å²) < 4.78 is 40.4. The lowest BCUT2D eigenvalue weighted by molar-refractivity contribution is -0.143. The maximum atomic E-state index is 13.2. The van der Waals surface area contributed by atoms with Crippen molar-refractivity contribution in [1.82, 2.24) is 4.90 Å². The minimum atomic E-state index is -4.41. The summed E-state index contributed by atoms with van der Waals surface area (Å²) in [6.45, 7) is 1.03. The lowest BCUT2D eigenvalue weighted by atomic mass is 9.90. The predicted octanol–water partition coefficient (Wildman–Crippen LogP) is 5.35. The molecular formula is C20H19BrF3NO2. The van der Waals surface area contributed by atoms with Crippen molar-refractivity contribution in [2.24, 2.45) is 5.92 Å². The van der Waals surface area contributed by atoms with Crippen molar-refractivity contribution >= 4 is 21.9 Å². The molecule has 3 rings (SSSR count). The number of carboxylic acids is 1. The molecule has 1 fully saturated rings. The normalized spacial score (nSPS) is 17.6. The molecule has 0 aromatic heterocycles. The van der Waals surface area contributed by atoms with Crippen LogP contribution in [-0.4, -0.2) is 29.1 Å². The second-order valence-corrected chi connectivity index (χ2v) is 7.55. The highest BCUT2D eigenvalue weighted by Gasteiger charge is 2.34. The van der Waals surface area contributed by atoms with Gasteiger partial charge in [0.2, 0.25) is 0 Å². The Hall–Kier alpha value is -1.86. The first-order chi connectivity index (χ1) is 12.8. The van der Waals surface area contributed by atoms with E-state index in [9.17, 15) is 23.1 Å². The van der Waals surface area contributed by atoms with Crippen molar-refractivity contribution in [2.45, 2.75) is 25.1 Å². The maximum Gasteiger partial charge on any atom is 0.416 e. The van der Waals surface area contributed by atoms with Gasteiger partial charge in [-0.05, 0) is 55.3 Å². The van der Waals surface area contributed by atoms with Crippen LogP contribution in [-0.2, 0) is 11.0 Å². The summed E-state index contributed by atoms with van der Waals surface area (Å²) in [4.78, 5) is 13.3. The largest absolute Gasteiger partial charge is 0.481 e. The van der Waals surface area contributed by atoms with E-state index >= 15 is 0 Å². The number of benzene rings is 2. The molecule has 0 spiro atoms. The van der Waals surface area contributed by atoms with Crippen LogP contribution in [0, 0.1) is 5.92 Å². The summed E-state index contributed by atoms with van der Waals surface area (Å²) in [5, 5.41) is 9.22. The number of carbonyl (C=O) groups is 1. The summed E-state index contributed by atoms with van der Waals surface area (Å²) in [5.41, 5.74) is 0.730. The Morgan fingerprint density at radius 1 is 1.11 bits per heavy atom. The van der Waals surface area contributed by atoms with E-state index in [0.717, 1.165) is 16.1 Å². The first-order valence-corrected chi connectivity index (χ1v) is 9.45. The molecule has 2 aromatic carbocycles. The molecule has 0 saturated carbocycles. The minimum absolute atomic E-state index is 0.377. The maximum absolute atomic E-state index is 13.2. The van der Waals surface area contributed by atoms with Crippen molar-refractivity contribution < 1.29 is 23.1 Å². The molecule has 144 valence electrons.